The molecule has 2 rings (SSSR count). The lowest BCUT2D eigenvalue weighted by Crippen LogP contribution is -2.23. The summed E-state index contributed by atoms with van der Waals surface area (Å²) in [4.78, 5) is 11.7. The highest BCUT2D eigenvalue weighted by Crippen LogP contribution is 2.35. The molecule has 0 fully saturated rings. The Balaban J connectivity index is 2.58. The Bertz CT molecular complexity index is 650. The minimum absolute atomic E-state index is 0.617. The summed E-state index contributed by atoms with van der Waals surface area (Å²) in [5.41, 5.74) is 5.23. The van der Waals surface area contributed by atoms with Gasteiger partial charge in [-0.1, -0.05) is 24.3 Å². The highest BCUT2D eigenvalue weighted by atomic mass is 16.5. The number of benzene rings is 2. The molecule has 0 unspecified atom stereocenters. The van der Waals surface area contributed by atoms with Crippen LogP contribution >= 0.6 is 0 Å². The Morgan fingerprint density at radius 1 is 0.909 bits per heavy atom. The lowest BCUT2D eigenvalue weighted by molar-refractivity contribution is 0.414. The minimum atomic E-state index is -1.37. The molecule has 0 amide bonds. The molecule has 0 aliphatic carbocycles. The van der Waals surface area contributed by atoms with Gasteiger partial charge < -0.3 is 15.2 Å². The largest absolute Gasteiger partial charge is 0.497 e. The average molecular weight is 296 g/mol. The maximum Gasteiger partial charge on any atom is 0.214 e. The molecule has 0 bridgehead atoms. The van der Waals surface area contributed by atoms with Crippen LogP contribution in [0.3, 0.4) is 0 Å². The van der Waals surface area contributed by atoms with E-state index in [2.05, 4.69) is 17.1 Å². The van der Waals surface area contributed by atoms with Gasteiger partial charge in [0.05, 0.1) is 14.2 Å². The van der Waals surface area contributed by atoms with Gasteiger partial charge in [-0.05, 0) is 35.4 Å². The van der Waals surface area contributed by atoms with Crippen molar-refractivity contribution in [1.82, 2.24) is 0 Å². The minimum Gasteiger partial charge on any atom is -0.497 e. The van der Waals surface area contributed by atoms with Crippen molar-refractivity contribution in [3.05, 3.63) is 64.6 Å². The van der Waals surface area contributed by atoms with Gasteiger partial charge in [-0.2, -0.15) is 0 Å². The second kappa shape index (κ2) is 6.64. The number of methoxy groups -OCH3 is 2. The Labute approximate surface area is 129 Å². The number of ether oxygens (including phenoxy) is 2. The number of hydrogen-bond donors (Lipinski definition) is 1. The third-order valence-corrected chi connectivity index (χ3v) is 3.41. The maximum absolute atomic E-state index is 11.7. The summed E-state index contributed by atoms with van der Waals surface area (Å²) in [6.07, 6.45) is 0. The molecule has 0 aliphatic heterocycles. The van der Waals surface area contributed by atoms with Crippen LogP contribution < -0.4 is 15.2 Å². The van der Waals surface area contributed by atoms with Crippen LogP contribution in [-0.2, 0) is 5.54 Å². The molecular weight excluding hydrogens is 280 g/mol. The van der Waals surface area contributed by atoms with Gasteiger partial charge >= 0.3 is 0 Å². The molecule has 0 radical (unpaired) electrons. The van der Waals surface area contributed by atoms with Gasteiger partial charge in [-0.25, -0.2) is 0 Å². The first-order valence-electron chi connectivity index (χ1n) is 6.56. The van der Waals surface area contributed by atoms with E-state index in [0.29, 0.717) is 22.6 Å². The standard InChI is InChI=1S/C17H16N2O3/c1-21-15-7-3-13(4-8-15)17(19-20,11-12-18)14-5-9-16(22-2)10-6-14/h3-10H,18H2,1-2H3. The zero-order valence-electron chi connectivity index (χ0n) is 12.4. The molecule has 22 heavy (non-hydrogen) atoms. The topological polar surface area (TPSA) is 73.9 Å². The molecule has 2 aromatic carbocycles. The van der Waals surface area contributed by atoms with Gasteiger partial charge in [0.2, 0.25) is 5.54 Å². The average Bonchev–Trinajstić information content (AvgIpc) is 2.60. The molecule has 0 aliphatic rings. The van der Waals surface area contributed by atoms with Crippen LogP contribution in [0.5, 0.6) is 11.5 Å². The molecule has 0 heterocycles. The van der Waals surface area contributed by atoms with E-state index in [9.17, 15) is 4.91 Å². The molecule has 0 saturated heterocycles. The number of nitroso groups, excluding NO2 is 1. The van der Waals surface area contributed by atoms with Crippen molar-refractivity contribution < 1.29 is 9.47 Å². The summed E-state index contributed by atoms with van der Waals surface area (Å²) in [7, 11) is 3.15. The van der Waals surface area contributed by atoms with Crippen molar-refractivity contribution in [3.63, 3.8) is 0 Å². The van der Waals surface area contributed by atoms with Crippen molar-refractivity contribution in [2.24, 2.45) is 10.9 Å². The second-order valence-corrected chi connectivity index (χ2v) is 4.53. The van der Waals surface area contributed by atoms with Gasteiger partial charge in [0.25, 0.3) is 0 Å². The summed E-state index contributed by atoms with van der Waals surface area (Å²) in [5.74, 6) is 4.08. The molecule has 2 N–H and O–H groups in total. The van der Waals surface area contributed by atoms with Crippen molar-refractivity contribution in [3.8, 4) is 23.5 Å². The van der Waals surface area contributed by atoms with Crippen molar-refractivity contribution in [2.75, 3.05) is 14.2 Å². The molecule has 112 valence electrons. The lowest BCUT2D eigenvalue weighted by Gasteiger charge is -2.22. The SMILES string of the molecule is COc1ccc(C(C#CN)(N=O)c2ccc(OC)cc2)cc1. The van der Waals surface area contributed by atoms with Crippen LogP contribution in [0.4, 0.5) is 0 Å². The monoisotopic (exact) mass is 296 g/mol. The summed E-state index contributed by atoms with van der Waals surface area (Å²) < 4.78 is 10.3. The Kier molecular flexibility index (Phi) is 4.64. The van der Waals surface area contributed by atoms with Gasteiger partial charge in [0.15, 0.2) is 0 Å². The van der Waals surface area contributed by atoms with Crippen LogP contribution in [0.1, 0.15) is 11.1 Å². The normalized spacial score (nSPS) is 10.3. The van der Waals surface area contributed by atoms with Crippen LogP contribution in [0.25, 0.3) is 0 Å². The Morgan fingerprint density at radius 2 is 1.32 bits per heavy atom. The zero-order valence-corrected chi connectivity index (χ0v) is 12.4. The van der Waals surface area contributed by atoms with E-state index in [0.717, 1.165) is 0 Å². The fourth-order valence-corrected chi connectivity index (χ4v) is 2.21. The number of nitrogens with zero attached hydrogens (tertiary/aromatic N) is 1. The fraction of sp³-hybridized carbons (Fsp3) is 0.176. The summed E-state index contributed by atoms with van der Waals surface area (Å²) >= 11 is 0. The van der Waals surface area contributed by atoms with Gasteiger partial charge in [-0.3, -0.25) is 0 Å². The lowest BCUT2D eigenvalue weighted by atomic mass is 9.84. The molecular formula is C17H16N2O3. The van der Waals surface area contributed by atoms with E-state index in [1.54, 1.807) is 62.8 Å². The third kappa shape index (κ3) is 2.72. The van der Waals surface area contributed by atoms with Gasteiger partial charge in [0, 0.05) is 17.2 Å². The molecule has 0 aromatic heterocycles. The van der Waals surface area contributed by atoms with E-state index in [-0.39, 0.29) is 0 Å². The van der Waals surface area contributed by atoms with Gasteiger partial charge in [0.1, 0.15) is 11.5 Å². The smallest absolute Gasteiger partial charge is 0.214 e. The number of rotatable bonds is 5. The third-order valence-electron chi connectivity index (χ3n) is 3.41. The summed E-state index contributed by atoms with van der Waals surface area (Å²) in [6, 6.07) is 16.3. The van der Waals surface area contributed by atoms with Crippen LogP contribution in [0.2, 0.25) is 0 Å². The molecule has 2 aromatic rings. The first-order chi connectivity index (χ1) is 10.7. The first kappa shape index (κ1) is 15.4. The van der Waals surface area contributed by atoms with E-state index in [1.807, 2.05) is 0 Å². The number of hydrogen-bond acceptors (Lipinski definition) is 5. The highest BCUT2D eigenvalue weighted by Gasteiger charge is 2.34. The highest BCUT2D eigenvalue weighted by molar-refractivity contribution is 5.49. The molecule has 5 heteroatoms. The Morgan fingerprint density at radius 3 is 1.59 bits per heavy atom. The van der Waals surface area contributed by atoms with E-state index in [1.165, 1.54) is 0 Å². The van der Waals surface area contributed by atoms with Crippen molar-refractivity contribution >= 4 is 0 Å². The van der Waals surface area contributed by atoms with Crippen molar-refractivity contribution in [1.29, 1.82) is 0 Å². The maximum atomic E-state index is 11.7. The van der Waals surface area contributed by atoms with Gasteiger partial charge in [-0.15, -0.1) is 4.91 Å². The molecule has 0 saturated carbocycles. The van der Waals surface area contributed by atoms with Crippen LogP contribution in [0.15, 0.2) is 53.7 Å². The van der Waals surface area contributed by atoms with E-state index < -0.39 is 5.54 Å². The van der Waals surface area contributed by atoms with Crippen molar-refractivity contribution in [2.45, 2.75) is 5.54 Å². The Hall–Kier alpha value is -3.00. The fourth-order valence-electron chi connectivity index (χ4n) is 2.21. The van der Waals surface area contributed by atoms with E-state index in [4.69, 9.17) is 15.2 Å². The molecule has 0 atom stereocenters. The predicted octanol–water partition coefficient (Wildman–Crippen LogP) is 2.63. The van der Waals surface area contributed by atoms with Crippen LogP contribution in [-0.4, -0.2) is 14.2 Å². The first-order valence-corrected chi connectivity index (χ1v) is 6.56. The van der Waals surface area contributed by atoms with Crippen LogP contribution in [0, 0.1) is 16.9 Å². The predicted molar refractivity (Wildman–Crippen MR) is 84.5 cm³/mol. The zero-order chi connectivity index (χ0) is 16.0. The molecule has 5 nitrogen and oxygen atoms in total. The molecule has 0 spiro atoms. The number of nitrogens with two attached hydrogens (primary N) is 1. The summed E-state index contributed by atoms with van der Waals surface area (Å²) in [6.45, 7) is 0. The van der Waals surface area contributed by atoms with E-state index >= 15 is 0 Å². The summed E-state index contributed by atoms with van der Waals surface area (Å²) in [5, 5.41) is 3.28. The second-order valence-electron chi connectivity index (χ2n) is 4.53. The quantitative estimate of drug-likeness (QED) is 0.523.